The number of esters is 1. The number of alkyl halides is 2. The van der Waals surface area contributed by atoms with Gasteiger partial charge in [-0.3, -0.25) is 0 Å². The van der Waals surface area contributed by atoms with Gasteiger partial charge in [0.05, 0.1) is 12.2 Å². The van der Waals surface area contributed by atoms with Gasteiger partial charge in [-0.05, 0) is 18.9 Å². The van der Waals surface area contributed by atoms with Crippen LogP contribution in [0.5, 0.6) is 0 Å². The number of anilines is 1. The van der Waals surface area contributed by atoms with Crippen molar-refractivity contribution in [3.8, 4) is 0 Å². The molecule has 0 spiro atoms. The Kier molecular flexibility index (Phi) is 4.64. The summed E-state index contributed by atoms with van der Waals surface area (Å²) in [5.41, 5.74) is 5.82. The number of rotatable bonds is 5. The number of benzene rings is 1. The zero-order valence-electron chi connectivity index (χ0n) is 10.5. The van der Waals surface area contributed by atoms with Crippen LogP contribution in [-0.2, 0) is 21.9 Å². The van der Waals surface area contributed by atoms with E-state index in [1.807, 2.05) is 6.92 Å². The molecule has 0 radical (unpaired) electrons. The van der Waals surface area contributed by atoms with Crippen LogP contribution in [0.4, 0.5) is 14.5 Å². The molecule has 0 unspecified atom stereocenters. The number of nitrogen functional groups attached to an aromatic ring is 1. The first-order valence-corrected chi connectivity index (χ1v) is 5.88. The molecule has 3 nitrogen and oxygen atoms in total. The predicted molar refractivity (Wildman–Crippen MR) is 65.4 cm³/mol. The van der Waals surface area contributed by atoms with Crippen LogP contribution in [0.25, 0.3) is 0 Å². The van der Waals surface area contributed by atoms with Crippen LogP contribution in [0.1, 0.15) is 31.4 Å². The lowest BCUT2D eigenvalue weighted by Crippen LogP contribution is -2.29. The van der Waals surface area contributed by atoms with Crippen LogP contribution in [0.15, 0.2) is 18.2 Å². The van der Waals surface area contributed by atoms with Gasteiger partial charge in [-0.25, -0.2) is 4.79 Å². The Morgan fingerprint density at radius 1 is 1.39 bits per heavy atom. The molecule has 100 valence electrons. The largest absolute Gasteiger partial charge is 0.461 e. The summed E-state index contributed by atoms with van der Waals surface area (Å²) in [6.07, 6.45) is 1.39. The Labute approximate surface area is 105 Å². The Hall–Kier alpha value is -1.65. The lowest BCUT2D eigenvalue weighted by atomic mass is 9.99. The van der Waals surface area contributed by atoms with Gasteiger partial charge in [0.1, 0.15) is 0 Å². The van der Waals surface area contributed by atoms with Crippen molar-refractivity contribution in [2.24, 2.45) is 0 Å². The second-order valence-corrected chi connectivity index (χ2v) is 3.92. The van der Waals surface area contributed by atoms with E-state index in [0.717, 1.165) is 12.5 Å². The topological polar surface area (TPSA) is 52.3 Å². The van der Waals surface area contributed by atoms with Crippen molar-refractivity contribution in [3.05, 3.63) is 29.3 Å². The molecule has 1 rings (SSSR count). The number of carbonyl (C=O) groups is 1. The van der Waals surface area contributed by atoms with E-state index < -0.39 is 17.5 Å². The quantitative estimate of drug-likeness (QED) is 0.651. The highest BCUT2D eigenvalue weighted by Crippen LogP contribution is 2.35. The molecule has 0 fully saturated rings. The fraction of sp³-hybridized carbons (Fsp3) is 0.462. The van der Waals surface area contributed by atoms with E-state index in [9.17, 15) is 13.6 Å². The van der Waals surface area contributed by atoms with E-state index in [1.54, 1.807) is 6.07 Å². The van der Waals surface area contributed by atoms with Crippen molar-refractivity contribution in [2.45, 2.75) is 32.6 Å². The van der Waals surface area contributed by atoms with Crippen LogP contribution in [0.2, 0.25) is 0 Å². The summed E-state index contributed by atoms with van der Waals surface area (Å²) >= 11 is 0. The predicted octanol–water partition coefficient (Wildman–Crippen LogP) is 2.88. The molecule has 0 aliphatic rings. The Balaban J connectivity index is 3.15. The third-order valence-electron chi connectivity index (χ3n) is 2.59. The van der Waals surface area contributed by atoms with E-state index in [-0.39, 0.29) is 12.3 Å². The molecule has 0 heterocycles. The van der Waals surface area contributed by atoms with E-state index in [1.165, 1.54) is 13.0 Å². The Morgan fingerprint density at radius 2 is 2.06 bits per heavy atom. The second-order valence-electron chi connectivity index (χ2n) is 3.92. The zero-order chi connectivity index (χ0) is 13.8. The van der Waals surface area contributed by atoms with Gasteiger partial charge in [0.15, 0.2) is 0 Å². The maximum absolute atomic E-state index is 13.9. The third-order valence-corrected chi connectivity index (χ3v) is 2.59. The van der Waals surface area contributed by atoms with Crippen LogP contribution < -0.4 is 5.73 Å². The first-order chi connectivity index (χ1) is 8.45. The van der Waals surface area contributed by atoms with Crippen molar-refractivity contribution in [3.63, 3.8) is 0 Å². The van der Waals surface area contributed by atoms with Gasteiger partial charge >= 0.3 is 11.9 Å². The SMILES string of the molecule is CCCc1cccc(C(F)(F)C(=O)OCC)c1N. The Bertz CT molecular complexity index is 433. The molecule has 18 heavy (non-hydrogen) atoms. The number of hydrogen-bond donors (Lipinski definition) is 1. The lowest BCUT2D eigenvalue weighted by molar-refractivity contribution is -0.173. The highest BCUT2D eigenvalue weighted by atomic mass is 19.3. The van der Waals surface area contributed by atoms with E-state index >= 15 is 0 Å². The molecular formula is C13H17F2NO2. The minimum atomic E-state index is -3.70. The first-order valence-electron chi connectivity index (χ1n) is 5.88. The van der Waals surface area contributed by atoms with E-state index in [4.69, 9.17) is 5.73 Å². The molecule has 1 aromatic rings. The van der Waals surface area contributed by atoms with Crippen molar-refractivity contribution in [1.29, 1.82) is 0 Å². The van der Waals surface area contributed by atoms with Crippen molar-refractivity contribution in [1.82, 2.24) is 0 Å². The van der Waals surface area contributed by atoms with Crippen molar-refractivity contribution < 1.29 is 18.3 Å². The fourth-order valence-electron chi connectivity index (χ4n) is 1.71. The van der Waals surface area contributed by atoms with Gasteiger partial charge in [-0.2, -0.15) is 8.78 Å². The van der Waals surface area contributed by atoms with Gasteiger partial charge in [0.2, 0.25) is 0 Å². The number of ether oxygens (including phenoxy) is 1. The third kappa shape index (κ3) is 2.78. The number of halogens is 2. The highest BCUT2D eigenvalue weighted by Gasteiger charge is 2.44. The van der Waals surface area contributed by atoms with Gasteiger partial charge < -0.3 is 10.5 Å². The summed E-state index contributed by atoms with van der Waals surface area (Å²) < 4.78 is 32.1. The minimum Gasteiger partial charge on any atom is -0.461 e. The number of carbonyl (C=O) groups excluding carboxylic acids is 1. The van der Waals surface area contributed by atoms with Gasteiger partial charge in [-0.15, -0.1) is 0 Å². The summed E-state index contributed by atoms with van der Waals surface area (Å²) in [4.78, 5) is 11.3. The van der Waals surface area contributed by atoms with Crippen LogP contribution >= 0.6 is 0 Å². The van der Waals surface area contributed by atoms with Gasteiger partial charge in [0, 0.05) is 5.69 Å². The average Bonchev–Trinajstić information content (AvgIpc) is 2.32. The van der Waals surface area contributed by atoms with Crippen molar-refractivity contribution in [2.75, 3.05) is 12.3 Å². The van der Waals surface area contributed by atoms with Crippen LogP contribution in [-0.4, -0.2) is 12.6 Å². The number of aryl methyl sites for hydroxylation is 1. The monoisotopic (exact) mass is 257 g/mol. The number of nitrogens with two attached hydrogens (primary N) is 1. The standard InChI is InChI=1S/C13H17F2NO2/c1-3-6-9-7-5-8-10(11(9)16)13(14,15)12(17)18-4-2/h5,7-8H,3-4,6,16H2,1-2H3. The lowest BCUT2D eigenvalue weighted by Gasteiger charge is -2.18. The summed E-state index contributed by atoms with van der Waals surface area (Å²) in [6, 6.07) is 4.32. The molecule has 0 aliphatic carbocycles. The highest BCUT2D eigenvalue weighted by molar-refractivity contribution is 5.82. The maximum atomic E-state index is 13.9. The summed E-state index contributed by atoms with van der Waals surface area (Å²) in [5, 5.41) is 0. The average molecular weight is 257 g/mol. The van der Waals surface area contributed by atoms with Crippen LogP contribution in [0, 0.1) is 0 Å². The molecule has 0 atom stereocenters. The number of hydrogen-bond acceptors (Lipinski definition) is 3. The van der Waals surface area contributed by atoms with Gasteiger partial charge in [0.25, 0.3) is 0 Å². The molecule has 1 aromatic carbocycles. The molecule has 5 heteroatoms. The van der Waals surface area contributed by atoms with Crippen molar-refractivity contribution >= 4 is 11.7 Å². The second kappa shape index (κ2) is 5.80. The summed E-state index contributed by atoms with van der Waals surface area (Å²) in [5.74, 6) is -5.27. The maximum Gasteiger partial charge on any atom is 0.382 e. The van der Waals surface area contributed by atoms with E-state index in [0.29, 0.717) is 12.0 Å². The fourth-order valence-corrected chi connectivity index (χ4v) is 1.71. The number of para-hydroxylation sites is 1. The molecule has 0 aliphatic heterocycles. The first kappa shape index (κ1) is 14.4. The molecule has 0 bridgehead atoms. The minimum absolute atomic E-state index is 0.0302. The van der Waals surface area contributed by atoms with E-state index in [2.05, 4.69) is 4.74 Å². The van der Waals surface area contributed by atoms with Crippen LogP contribution in [0.3, 0.4) is 0 Å². The molecule has 0 saturated carbocycles. The molecule has 2 N–H and O–H groups in total. The Morgan fingerprint density at radius 3 is 2.61 bits per heavy atom. The molecule has 0 amide bonds. The molecule has 0 saturated heterocycles. The molecular weight excluding hydrogens is 240 g/mol. The molecule has 0 aromatic heterocycles. The van der Waals surface area contributed by atoms with Gasteiger partial charge in [-0.1, -0.05) is 31.5 Å². The normalized spacial score (nSPS) is 11.3. The smallest absolute Gasteiger partial charge is 0.382 e. The summed E-state index contributed by atoms with van der Waals surface area (Å²) in [6.45, 7) is 3.31. The summed E-state index contributed by atoms with van der Waals surface area (Å²) in [7, 11) is 0. The zero-order valence-corrected chi connectivity index (χ0v) is 10.5.